The van der Waals surface area contributed by atoms with Gasteiger partial charge in [-0.1, -0.05) is 30.3 Å². The molecule has 1 aliphatic heterocycles. The zero-order chi connectivity index (χ0) is 16.7. The van der Waals surface area contributed by atoms with E-state index in [1.54, 1.807) is 7.11 Å². The average molecular weight is 323 g/mol. The maximum Gasteiger partial charge on any atom is 0.309 e. The summed E-state index contributed by atoms with van der Waals surface area (Å²) >= 11 is 0. The molecule has 24 heavy (non-hydrogen) atoms. The van der Waals surface area contributed by atoms with Crippen molar-refractivity contribution < 1.29 is 14.6 Å². The van der Waals surface area contributed by atoms with E-state index in [4.69, 9.17) is 9.84 Å². The molecule has 1 aliphatic carbocycles. The summed E-state index contributed by atoms with van der Waals surface area (Å²) in [5, 5.41) is 9.05. The number of methoxy groups -OCH3 is 1. The Morgan fingerprint density at radius 1 is 1.12 bits per heavy atom. The van der Waals surface area contributed by atoms with Gasteiger partial charge in [-0.2, -0.15) is 0 Å². The van der Waals surface area contributed by atoms with Crippen molar-refractivity contribution in [3.8, 4) is 16.9 Å². The Morgan fingerprint density at radius 3 is 2.50 bits per heavy atom. The van der Waals surface area contributed by atoms with E-state index in [9.17, 15) is 4.79 Å². The number of benzene rings is 2. The molecule has 1 heterocycles. The second-order valence-corrected chi connectivity index (χ2v) is 6.69. The van der Waals surface area contributed by atoms with E-state index >= 15 is 0 Å². The standard InChI is InChI=1S/C20H21NO3/c1-24-17-6-2-13(3-7-17)14-4-8-18-15(10-14)5-9-19(18)21-11-16(12-21)20(22)23/h2-4,6-8,10,16,19H,5,9,11-12H2,1H3,(H,22,23). The number of carboxylic acid groups (broad SMARTS) is 1. The number of carbonyl (C=O) groups is 1. The van der Waals surface area contributed by atoms with Crippen molar-refractivity contribution in [3.63, 3.8) is 0 Å². The van der Waals surface area contributed by atoms with E-state index in [0.29, 0.717) is 19.1 Å². The molecule has 1 fully saturated rings. The van der Waals surface area contributed by atoms with Crippen LogP contribution in [0.3, 0.4) is 0 Å². The van der Waals surface area contributed by atoms with E-state index in [0.717, 1.165) is 18.6 Å². The van der Waals surface area contributed by atoms with Crippen LogP contribution >= 0.6 is 0 Å². The molecule has 0 saturated carbocycles. The summed E-state index contributed by atoms with van der Waals surface area (Å²) in [6.45, 7) is 1.36. The van der Waals surface area contributed by atoms with Crippen LogP contribution in [0.1, 0.15) is 23.6 Å². The van der Waals surface area contributed by atoms with Crippen molar-refractivity contribution in [2.45, 2.75) is 18.9 Å². The number of aliphatic carboxylic acids is 1. The zero-order valence-corrected chi connectivity index (χ0v) is 13.7. The summed E-state index contributed by atoms with van der Waals surface area (Å²) in [5.41, 5.74) is 5.18. The molecule has 1 unspecified atom stereocenters. The van der Waals surface area contributed by atoms with Crippen LogP contribution in [0.15, 0.2) is 42.5 Å². The molecule has 1 N–H and O–H groups in total. The second-order valence-electron chi connectivity index (χ2n) is 6.69. The summed E-state index contributed by atoms with van der Waals surface area (Å²) in [5.74, 6) is 0.0117. The number of rotatable bonds is 4. The Hall–Kier alpha value is -2.33. The fraction of sp³-hybridized carbons (Fsp3) is 0.350. The molecule has 1 saturated heterocycles. The van der Waals surface area contributed by atoms with Crippen molar-refractivity contribution in [1.29, 1.82) is 0 Å². The average Bonchev–Trinajstić information content (AvgIpc) is 2.96. The molecule has 2 aliphatic rings. The van der Waals surface area contributed by atoms with Crippen molar-refractivity contribution in [3.05, 3.63) is 53.6 Å². The maximum absolute atomic E-state index is 11.0. The molecular formula is C20H21NO3. The highest BCUT2D eigenvalue weighted by Gasteiger charge is 2.39. The summed E-state index contributed by atoms with van der Waals surface area (Å²) < 4.78 is 5.22. The number of ether oxygens (including phenoxy) is 1. The maximum atomic E-state index is 11.0. The van der Waals surface area contributed by atoms with Crippen LogP contribution in [0.25, 0.3) is 11.1 Å². The molecular weight excluding hydrogens is 302 g/mol. The van der Waals surface area contributed by atoms with Crippen LogP contribution < -0.4 is 4.74 Å². The third kappa shape index (κ3) is 2.57. The predicted octanol–water partition coefficient (Wildman–Crippen LogP) is 3.37. The van der Waals surface area contributed by atoms with Crippen molar-refractivity contribution >= 4 is 5.97 Å². The Morgan fingerprint density at radius 2 is 1.83 bits per heavy atom. The van der Waals surface area contributed by atoms with Gasteiger partial charge in [0, 0.05) is 19.1 Å². The SMILES string of the molecule is COc1ccc(-c2ccc3c(c2)CCC3N2CC(C(=O)O)C2)cc1. The smallest absolute Gasteiger partial charge is 0.309 e. The zero-order valence-electron chi connectivity index (χ0n) is 13.7. The lowest BCUT2D eigenvalue weighted by Crippen LogP contribution is -2.51. The predicted molar refractivity (Wildman–Crippen MR) is 92.2 cm³/mol. The van der Waals surface area contributed by atoms with Gasteiger partial charge >= 0.3 is 5.97 Å². The van der Waals surface area contributed by atoms with Crippen LogP contribution in [0.2, 0.25) is 0 Å². The molecule has 4 rings (SSSR count). The Kier molecular flexibility index (Phi) is 3.77. The fourth-order valence-corrected chi connectivity index (χ4v) is 3.86. The van der Waals surface area contributed by atoms with Gasteiger partial charge in [0.05, 0.1) is 13.0 Å². The van der Waals surface area contributed by atoms with Gasteiger partial charge < -0.3 is 9.84 Å². The first-order chi connectivity index (χ1) is 11.7. The van der Waals surface area contributed by atoms with Crippen molar-refractivity contribution in [1.82, 2.24) is 4.90 Å². The highest BCUT2D eigenvalue weighted by Crippen LogP contribution is 2.40. The van der Waals surface area contributed by atoms with E-state index in [-0.39, 0.29) is 5.92 Å². The highest BCUT2D eigenvalue weighted by molar-refractivity contribution is 5.71. The van der Waals surface area contributed by atoms with E-state index in [1.165, 1.54) is 22.3 Å². The first-order valence-corrected chi connectivity index (χ1v) is 8.40. The lowest BCUT2D eigenvalue weighted by atomic mass is 9.94. The van der Waals surface area contributed by atoms with Gasteiger partial charge in [-0.15, -0.1) is 0 Å². The number of carboxylic acids is 1. The van der Waals surface area contributed by atoms with Gasteiger partial charge in [0.15, 0.2) is 0 Å². The van der Waals surface area contributed by atoms with Crippen LogP contribution in [0, 0.1) is 5.92 Å². The molecule has 124 valence electrons. The summed E-state index contributed by atoms with van der Waals surface area (Å²) in [6.07, 6.45) is 2.16. The summed E-state index contributed by atoms with van der Waals surface area (Å²) in [7, 11) is 1.68. The first-order valence-electron chi connectivity index (χ1n) is 8.40. The molecule has 0 aromatic heterocycles. The Labute approximate surface area is 141 Å². The van der Waals surface area contributed by atoms with Gasteiger partial charge in [0.25, 0.3) is 0 Å². The lowest BCUT2D eigenvalue weighted by molar-refractivity contribution is -0.148. The van der Waals surface area contributed by atoms with E-state index in [1.807, 2.05) is 12.1 Å². The minimum atomic E-state index is -0.667. The summed E-state index contributed by atoms with van der Waals surface area (Å²) in [4.78, 5) is 13.3. The van der Waals surface area contributed by atoms with Gasteiger partial charge in [-0.3, -0.25) is 9.69 Å². The fourth-order valence-electron chi connectivity index (χ4n) is 3.86. The van der Waals surface area contributed by atoms with Gasteiger partial charge in [0.2, 0.25) is 0 Å². The molecule has 1 atom stereocenters. The molecule has 0 radical (unpaired) electrons. The third-order valence-corrected chi connectivity index (χ3v) is 5.31. The molecule has 2 aromatic rings. The van der Waals surface area contributed by atoms with Crippen LogP contribution in [0.5, 0.6) is 5.75 Å². The highest BCUT2D eigenvalue weighted by atomic mass is 16.5. The topological polar surface area (TPSA) is 49.8 Å². The number of aryl methyl sites for hydroxylation is 1. The molecule has 2 aromatic carbocycles. The molecule has 0 bridgehead atoms. The number of hydrogen-bond donors (Lipinski definition) is 1. The Balaban J connectivity index is 1.53. The van der Waals surface area contributed by atoms with Crippen molar-refractivity contribution in [2.24, 2.45) is 5.92 Å². The lowest BCUT2D eigenvalue weighted by Gasteiger charge is -2.41. The monoisotopic (exact) mass is 323 g/mol. The van der Waals surface area contributed by atoms with Crippen LogP contribution in [-0.2, 0) is 11.2 Å². The normalized spacial score (nSPS) is 20.5. The molecule has 4 nitrogen and oxygen atoms in total. The molecule has 4 heteroatoms. The molecule has 0 spiro atoms. The minimum absolute atomic E-state index is 0.187. The number of fused-ring (bicyclic) bond motifs is 1. The number of hydrogen-bond acceptors (Lipinski definition) is 3. The first kappa shape index (κ1) is 15.2. The van der Waals surface area contributed by atoms with Crippen LogP contribution in [0.4, 0.5) is 0 Å². The Bertz CT molecular complexity index is 763. The minimum Gasteiger partial charge on any atom is -0.497 e. The third-order valence-electron chi connectivity index (χ3n) is 5.31. The van der Waals surface area contributed by atoms with Crippen LogP contribution in [-0.4, -0.2) is 36.2 Å². The van der Waals surface area contributed by atoms with Gasteiger partial charge in [-0.25, -0.2) is 0 Å². The van der Waals surface area contributed by atoms with E-state index < -0.39 is 5.97 Å². The molecule has 0 amide bonds. The van der Waals surface area contributed by atoms with Crippen molar-refractivity contribution in [2.75, 3.05) is 20.2 Å². The summed E-state index contributed by atoms with van der Waals surface area (Å²) in [6, 6.07) is 15.2. The number of nitrogens with zero attached hydrogens (tertiary/aromatic N) is 1. The second kappa shape index (κ2) is 5.95. The van der Waals surface area contributed by atoms with E-state index in [2.05, 4.69) is 35.2 Å². The van der Waals surface area contributed by atoms with Gasteiger partial charge in [0.1, 0.15) is 5.75 Å². The largest absolute Gasteiger partial charge is 0.497 e. The quantitative estimate of drug-likeness (QED) is 0.937. The van der Waals surface area contributed by atoms with Gasteiger partial charge in [-0.05, 0) is 47.2 Å². The number of likely N-dealkylation sites (tertiary alicyclic amines) is 1.